The summed E-state index contributed by atoms with van der Waals surface area (Å²) in [5, 5.41) is 20.5. The maximum absolute atomic E-state index is 12.8. The van der Waals surface area contributed by atoms with Crippen molar-refractivity contribution in [1.82, 2.24) is 0 Å². The van der Waals surface area contributed by atoms with Gasteiger partial charge >= 0.3 is 33.6 Å². The molecule has 0 rings (SSSR count). The molecule has 18 heteroatoms. The quantitative estimate of drug-likeness (QED) is 0.0146. The Bertz CT molecular complexity index is 1730. The van der Waals surface area contributed by atoms with Crippen molar-refractivity contribution in [2.24, 2.45) is 0 Å². The highest BCUT2D eigenvalue weighted by Crippen LogP contribution is 2.45. The molecule has 0 spiro atoms. The van der Waals surface area contributed by atoms with Crippen LogP contribution in [0.4, 0.5) is 0 Å². The molecule has 5 atom stereocenters. The van der Waals surface area contributed by atoms with Crippen molar-refractivity contribution in [3.05, 3.63) is 60.8 Å². The van der Waals surface area contributed by atoms with Gasteiger partial charge in [-0.3, -0.25) is 32.5 Å². The first-order valence-corrected chi connectivity index (χ1v) is 34.6. The normalized spacial score (nSPS) is 14.8. The second kappa shape index (κ2) is 57.7. The topological polar surface area (TPSA) is 231 Å². The molecule has 0 aliphatic heterocycles. The second-order valence-corrected chi connectivity index (χ2v) is 24.1. The number of phosphoric acid groups is 2. The Hall–Kier alpha value is -2.75. The number of phosphoric ester groups is 2. The second-order valence-electron chi connectivity index (χ2n) is 21.2. The van der Waals surface area contributed by atoms with Crippen LogP contribution in [0.25, 0.3) is 0 Å². The molecule has 0 radical (unpaired) electrons. The molecule has 472 valence electrons. The Morgan fingerprint density at radius 2 is 0.654 bits per heavy atom. The molecule has 4 N–H and O–H groups in total. The minimum absolute atomic E-state index is 0.111. The summed E-state index contributed by atoms with van der Waals surface area (Å²) in [6, 6.07) is 0. The number of carbonyl (C=O) groups is 3. The van der Waals surface area contributed by atoms with Gasteiger partial charge in [-0.2, -0.15) is 0 Å². The summed E-state index contributed by atoms with van der Waals surface area (Å²) < 4.78 is 60.6. The fraction of sp³-hybridized carbons (Fsp3) is 0.794. The highest BCUT2D eigenvalue weighted by atomic mass is 31.2. The standard InChI is InChI=1S/C63H114O16P2/c1-4-7-10-13-16-19-22-23-24-25-26-27-28-29-30-31-32-33-36-38-40-43-46-49-61(66)73-52-58(64)53-75-80(69,70)76-54-59(65)55-77-81(71,72)78-57-60(79-63(68)51-48-45-42-39-35-21-18-15-12-9-6-3)56-74-62(67)50-47-44-41-37-34-20-17-14-11-8-5-2/h7,10,16,19,23-24,26-27,29-30,58-60,64-65H,4-6,8-9,11-15,17-18,20-22,25,28,31-57H2,1-3H3,(H,69,70)(H,71,72)/b10-7-,19-16-,24-23-,27-26-,30-29-. The van der Waals surface area contributed by atoms with Crippen LogP contribution in [0, 0.1) is 0 Å². The minimum Gasteiger partial charge on any atom is -0.463 e. The van der Waals surface area contributed by atoms with E-state index >= 15 is 0 Å². The van der Waals surface area contributed by atoms with E-state index in [1.165, 1.54) is 83.5 Å². The Kier molecular flexibility index (Phi) is 55.7. The zero-order valence-electron chi connectivity index (χ0n) is 50.7. The van der Waals surface area contributed by atoms with E-state index in [0.29, 0.717) is 19.3 Å². The maximum atomic E-state index is 12.8. The smallest absolute Gasteiger partial charge is 0.463 e. The minimum atomic E-state index is -4.90. The zero-order valence-corrected chi connectivity index (χ0v) is 52.5. The first-order valence-electron chi connectivity index (χ1n) is 31.6. The molecule has 0 heterocycles. The van der Waals surface area contributed by atoms with Crippen LogP contribution in [0.3, 0.4) is 0 Å². The van der Waals surface area contributed by atoms with Gasteiger partial charge in [-0.1, -0.05) is 242 Å². The molecule has 0 amide bonds. The number of allylic oxidation sites excluding steroid dienone is 10. The maximum Gasteiger partial charge on any atom is 0.472 e. The van der Waals surface area contributed by atoms with E-state index in [1.807, 2.05) is 0 Å². The monoisotopic (exact) mass is 1190 g/mol. The van der Waals surface area contributed by atoms with Gasteiger partial charge in [0.05, 0.1) is 26.4 Å². The molecular formula is C63H114O16P2. The molecule has 0 fully saturated rings. The van der Waals surface area contributed by atoms with Crippen LogP contribution in [0.5, 0.6) is 0 Å². The van der Waals surface area contributed by atoms with Gasteiger partial charge in [-0.05, 0) is 64.2 Å². The fourth-order valence-corrected chi connectivity index (χ4v) is 10.0. The van der Waals surface area contributed by atoms with Crippen LogP contribution in [0.1, 0.15) is 265 Å². The first-order chi connectivity index (χ1) is 39.2. The molecule has 0 aromatic heterocycles. The summed E-state index contributed by atoms with van der Waals surface area (Å²) in [5.41, 5.74) is 0. The number of aliphatic hydroxyl groups excluding tert-OH is 2. The van der Waals surface area contributed by atoms with Crippen molar-refractivity contribution in [3.8, 4) is 0 Å². The summed E-state index contributed by atoms with van der Waals surface area (Å²) in [6.07, 6.45) is 55.8. The number of carbonyl (C=O) groups excluding carboxylic acids is 3. The number of esters is 3. The predicted molar refractivity (Wildman–Crippen MR) is 325 cm³/mol. The van der Waals surface area contributed by atoms with E-state index in [4.69, 9.17) is 32.3 Å². The lowest BCUT2D eigenvalue weighted by Crippen LogP contribution is -2.30. The predicted octanol–water partition coefficient (Wildman–Crippen LogP) is 16.6. The Labute approximate surface area is 490 Å². The Balaban J connectivity index is 4.49. The van der Waals surface area contributed by atoms with E-state index in [1.54, 1.807) is 0 Å². The third-order valence-corrected chi connectivity index (χ3v) is 15.2. The van der Waals surface area contributed by atoms with Crippen molar-refractivity contribution in [2.45, 2.75) is 283 Å². The largest absolute Gasteiger partial charge is 0.472 e. The van der Waals surface area contributed by atoms with E-state index in [2.05, 4.69) is 81.5 Å². The first kappa shape index (κ1) is 78.2. The lowest BCUT2D eigenvalue weighted by atomic mass is 10.1. The van der Waals surface area contributed by atoms with Gasteiger partial charge in [0.15, 0.2) is 6.10 Å². The number of aliphatic hydroxyl groups is 2. The number of hydrogen-bond acceptors (Lipinski definition) is 14. The van der Waals surface area contributed by atoms with Gasteiger partial charge in [0.2, 0.25) is 0 Å². The van der Waals surface area contributed by atoms with Gasteiger partial charge in [0, 0.05) is 19.3 Å². The van der Waals surface area contributed by atoms with Crippen molar-refractivity contribution in [1.29, 1.82) is 0 Å². The molecule has 0 saturated carbocycles. The number of ether oxygens (including phenoxy) is 3. The highest BCUT2D eigenvalue weighted by Gasteiger charge is 2.29. The van der Waals surface area contributed by atoms with Crippen LogP contribution in [0.2, 0.25) is 0 Å². The highest BCUT2D eigenvalue weighted by molar-refractivity contribution is 7.47. The van der Waals surface area contributed by atoms with Crippen LogP contribution in [-0.4, -0.2) is 95.9 Å². The van der Waals surface area contributed by atoms with Crippen LogP contribution in [-0.2, 0) is 55.8 Å². The van der Waals surface area contributed by atoms with Crippen molar-refractivity contribution in [3.63, 3.8) is 0 Å². The molecule has 5 unspecified atom stereocenters. The van der Waals surface area contributed by atoms with Crippen molar-refractivity contribution >= 4 is 33.6 Å². The van der Waals surface area contributed by atoms with Crippen LogP contribution >= 0.6 is 15.6 Å². The van der Waals surface area contributed by atoms with Gasteiger partial charge in [0.1, 0.15) is 25.4 Å². The third kappa shape index (κ3) is 58.8. The van der Waals surface area contributed by atoms with Gasteiger partial charge in [0.25, 0.3) is 0 Å². The summed E-state index contributed by atoms with van der Waals surface area (Å²) in [4.78, 5) is 58.0. The van der Waals surface area contributed by atoms with E-state index < -0.39 is 91.5 Å². The lowest BCUT2D eigenvalue weighted by molar-refractivity contribution is -0.161. The molecule has 0 aliphatic rings. The number of unbranched alkanes of at least 4 members (excludes halogenated alkanes) is 27. The summed E-state index contributed by atoms with van der Waals surface area (Å²) >= 11 is 0. The average Bonchev–Trinajstić information content (AvgIpc) is 3.45. The van der Waals surface area contributed by atoms with Crippen LogP contribution < -0.4 is 0 Å². The Morgan fingerprint density at radius 1 is 0.358 bits per heavy atom. The molecule has 16 nitrogen and oxygen atoms in total. The summed E-state index contributed by atoms with van der Waals surface area (Å²) in [6.45, 7) is 2.53. The number of rotatable bonds is 60. The van der Waals surface area contributed by atoms with E-state index in [9.17, 15) is 43.5 Å². The lowest BCUT2D eigenvalue weighted by Gasteiger charge is -2.21. The van der Waals surface area contributed by atoms with Crippen LogP contribution in [0.15, 0.2) is 60.8 Å². The zero-order chi connectivity index (χ0) is 59.6. The van der Waals surface area contributed by atoms with Gasteiger partial charge in [-0.15, -0.1) is 0 Å². The van der Waals surface area contributed by atoms with E-state index in [-0.39, 0.29) is 19.3 Å². The van der Waals surface area contributed by atoms with Crippen molar-refractivity contribution in [2.75, 3.05) is 39.6 Å². The summed E-state index contributed by atoms with van der Waals surface area (Å²) in [5.74, 6) is -1.57. The summed E-state index contributed by atoms with van der Waals surface area (Å²) in [7, 11) is -9.75. The molecule has 0 bridgehead atoms. The molecule has 0 aromatic rings. The molecule has 0 aromatic carbocycles. The van der Waals surface area contributed by atoms with E-state index in [0.717, 1.165) is 122 Å². The van der Waals surface area contributed by atoms with Crippen molar-refractivity contribution < 1.29 is 75.8 Å². The van der Waals surface area contributed by atoms with Gasteiger partial charge in [-0.25, -0.2) is 9.13 Å². The SMILES string of the molecule is CC/C=C\C/C=C\C/C=C\C/C=C\C/C=C\CCCCCCCCCC(=O)OCC(O)COP(=O)(O)OCC(O)COP(=O)(O)OCC(COC(=O)CCCCCCCCCCCCC)OC(=O)CCCCCCCCCCCCC. The molecular weight excluding hydrogens is 1070 g/mol. The molecule has 81 heavy (non-hydrogen) atoms. The number of hydrogen-bond donors (Lipinski definition) is 4. The molecule has 0 aliphatic carbocycles. The molecule has 0 saturated heterocycles. The van der Waals surface area contributed by atoms with Gasteiger partial charge < -0.3 is 34.2 Å². The Morgan fingerprint density at radius 3 is 1.04 bits per heavy atom. The fourth-order valence-electron chi connectivity index (χ4n) is 8.42. The average molecular weight is 1190 g/mol. The third-order valence-electron chi connectivity index (χ3n) is 13.3.